The van der Waals surface area contributed by atoms with E-state index in [0.717, 1.165) is 23.7 Å². The fourth-order valence-electron chi connectivity index (χ4n) is 3.08. The quantitative estimate of drug-likeness (QED) is 0.554. The van der Waals surface area contributed by atoms with Crippen LogP contribution in [0, 0.1) is 0 Å². The first-order chi connectivity index (χ1) is 14.5. The first kappa shape index (κ1) is 21.2. The van der Waals surface area contributed by atoms with Gasteiger partial charge in [0.25, 0.3) is 11.8 Å². The fraction of sp³-hybridized carbons (Fsp3) is 0.304. The molecule has 0 atom stereocenters. The number of hydrazine groups is 1. The highest BCUT2D eigenvalue weighted by Gasteiger charge is 2.16. The smallest absolute Gasteiger partial charge is 0.271 e. The number of rotatable bonds is 8. The van der Waals surface area contributed by atoms with Gasteiger partial charge in [-0.15, -0.1) is 0 Å². The number of carbonyl (C=O) groups excluding carboxylic acids is 2. The van der Waals surface area contributed by atoms with Gasteiger partial charge >= 0.3 is 0 Å². The molecule has 0 aliphatic carbocycles. The highest BCUT2D eigenvalue weighted by molar-refractivity contribution is 6.08. The van der Waals surface area contributed by atoms with E-state index < -0.39 is 5.91 Å². The Morgan fingerprint density at radius 2 is 1.57 bits per heavy atom. The van der Waals surface area contributed by atoms with Gasteiger partial charge in [0.15, 0.2) is 11.5 Å². The Balaban J connectivity index is 1.71. The van der Waals surface area contributed by atoms with Gasteiger partial charge in [0, 0.05) is 29.7 Å². The highest BCUT2D eigenvalue weighted by atomic mass is 16.5. The van der Waals surface area contributed by atoms with Crippen molar-refractivity contribution in [2.45, 2.75) is 26.7 Å². The molecule has 2 N–H and O–H groups in total. The van der Waals surface area contributed by atoms with Gasteiger partial charge in [-0.05, 0) is 37.1 Å². The van der Waals surface area contributed by atoms with Gasteiger partial charge in [-0.3, -0.25) is 20.4 Å². The summed E-state index contributed by atoms with van der Waals surface area (Å²) in [5.41, 5.74) is 6.76. The third-order valence-electron chi connectivity index (χ3n) is 4.56. The Hall–Kier alpha value is -3.48. The molecule has 0 aliphatic heterocycles. The third-order valence-corrected chi connectivity index (χ3v) is 4.56. The number of aromatic nitrogens is 1. The van der Waals surface area contributed by atoms with Crippen molar-refractivity contribution < 1.29 is 19.1 Å². The number of hydrogen-bond acceptors (Lipinski definition) is 4. The maximum Gasteiger partial charge on any atom is 0.271 e. The number of ether oxygens (including phenoxy) is 2. The maximum absolute atomic E-state index is 12.6. The zero-order valence-corrected chi connectivity index (χ0v) is 17.5. The molecule has 0 fully saturated rings. The van der Waals surface area contributed by atoms with E-state index in [9.17, 15) is 9.59 Å². The molecule has 0 radical (unpaired) electrons. The molecule has 3 rings (SSSR count). The molecule has 7 heteroatoms. The summed E-state index contributed by atoms with van der Waals surface area (Å²) >= 11 is 0. The Labute approximate surface area is 175 Å². The number of para-hydroxylation sites is 1. The van der Waals surface area contributed by atoms with Crippen LogP contribution < -0.4 is 20.3 Å². The minimum absolute atomic E-state index is 0.364. The number of carbonyl (C=O) groups is 2. The molecule has 0 saturated carbocycles. The Kier molecular flexibility index (Phi) is 6.95. The van der Waals surface area contributed by atoms with E-state index >= 15 is 0 Å². The molecule has 3 aromatic rings. The molecule has 1 aromatic heterocycles. The lowest BCUT2D eigenvalue weighted by atomic mass is 10.1. The molecular formula is C23H27N3O4. The molecule has 0 spiro atoms. The lowest BCUT2D eigenvalue weighted by Crippen LogP contribution is -2.41. The SMILES string of the molecule is CCCOc1ccc(C(=O)NNC(=O)c2cn(C)c3ccccc23)cc1OCCC. The van der Waals surface area contributed by atoms with Crippen molar-refractivity contribution in [2.24, 2.45) is 7.05 Å². The molecule has 1 heterocycles. The summed E-state index contributed by atoms with van der Waals surface area (Å²) in [6.45, 7) is 5.11. The van der Waals surface area contributed by atoms with Gasteiger partial charge in [0.1, 0.15) is 0 Å². The van der Waals surface area contributed by atoms with Crippen LogP contribution >= 0.6 is 0 Å². The van der Waals surface area contributed by atoms with Crippen LogP contribution in [0.3, 0.4) is 0 Å². The zero-order valence-electron chi connectivity index (χ0n) is 17.5. The summed E-state index contributed by atoms with van der Waals surface area (Å²) in [4.78, 5) is 25.2. The second-order valence-electron chi connectivity index (χ2n) is 6.94. The predicted molar refractivity (Wildman–Crippen MR) is 116 cm³/mol. The van der Waals surface area contributed by atoms with Crippen LogP contribution in [-0.2, 0) is 7.05 Å². The summed E-state index contributed by atoms with van der Waals surface area (Å²) in [5, 5.41) is 0.819. The number of hydrogen-bond donors (Lipinski definition) is 2. The molecule has 158 valence electrons. The Bertz CT molecular complexity index is 1040. The largest absolute Gasteiger partial charge is 0.490 e. The molecule has 0 unspecified atom stereocenters. The number of benzene rings is 2. The minimum Gasteiger partial charge on any atom is -0.490 e. The molecule has 0 bridgehead atoms. The van der Waals surface area contributed by atoms with Crippen LogP contribution in [0.25, 0.3) is 10.9 Å². The van der Waals surface area contributed by atoms with E-state index in [0.29, 0.717) is 35.8 Å². The zero-order chi connectivity index (χ0) is 21.5. The van der Waals surface area contributed by atoms with Crippen molar-refractivity contribution in [3.05, 3.63) is 59.8 Å². The minimum atomic E-state index is -0.438. The highest BCUT2D eigenvalue weighted by Crippen LogP contribution is 2.29. The number of fused-ring (bicyclic) bond motifs is 1. The lowest BCUT2D eigenvalue weighted by molar-refractivity contribution is 0.0847. The van der Waals surface area contributed by atoms with Crippen molar-refractivity contribution in [1.82, 2.24) is 15.4 Å². The summed E-state index contributed by atoms with van der Waals surface area (Å²) in [5.74, 6) is 0.289. The van der Waals surface area contributed by atoms with E-state index in [1.165, 1.54) is 0 Å². The molecule has 2 amide bonds. The van der Waals surface area contributed by atoms with Crippen molar-refractivity contribution in [3.8, 4) is 11.5 Å². The average Bonchev–Trinajstić information content (AvgIpc) is 3.11. The van der Waals surface area contributed by atoms with Crippen LogP contribution in [0.15, 0.2) is 48.7 Å². The van der Waals surface area contributed by atoms with Crippen molar-refractivity contribution in [1.29, 1.82) is 0 Å². The standard InChI is InChI=1S/C23H27N3O4/c1-4-12-29-20-11-10-16(14-21(20)30-13-5-2)22(27)24-25-23(28)18-15-26(3)19-9-7-6-8-17(18)19/h6-11,14-15H,4-5,12-13H2,1-3H3,(H,24,27)(H,25,28). The monoisotopic (exact) mass is 409 g/mol. The predicted octanol–water partition coefficient (Wildman–Crippen LogP) is 3.83. The van der Waals surface area contributed by atoms with E-state index in [4.69, 9.17) is 9.47 Å². The normalized spacial score (nSPS) is 10.6. The summed E-state index contributed by atoms with van der Waals surface area (Å²) in [7, 11) is 1.87. The van der Waals surface area contributed by atoms with Crippen LogP contribution in [0.1, 0.15) is 47.4 Å². The van der Waals surface area contributed by atoms with Gasteiger partial charge in [-0.25, -0.2) is 0 Å². The van der Waals surface area contributed by atoms with Crippen LogP contribution in [-0.4, -0.2) is 29.6 Å². The molecule has 0 saturated heterocycles. The third kappa shape index (κ3) is 4.74. The van der Waals surface area contributed by atoms with Crippen molar-refractivity contribution >= 4 is 22.7 Å². The van der Waals surface area contributed by atoms with E-state index in [1.807, 2.05) is 49.7 Å². The van der Waals surface area contributed by atoms with Gasteiger partial charge in [0.2, 0.25) is 0 Å². The maximum atomic E-state index is 12.6. The molecule has 7 nitrogen and oxygen atoms in total. The van der Waals surface area contributed by atoms with Crippen molar-refractivity contribution in [2.75, 3.05) is 13.2 Å². The van der Waals surface area contributed by atoms with Gasteiger partial charge in [0.05, 0.1) is 18.8 Å². The number of amides is 2. The summed E-state index contributed by atoms with van der Waals surface area (Å²) < 4.78 is 13.3. The number of nitrogens with zero attached hydrogens (tertiary/aromatic N) is 1. The summed E-state index contributed by atoms with van der Waals surface area (Å²) in [6, 6.07) is 12.6. The number of nitrogens with one attached hydrogen (secondary N) is 2. The molecule has 2 aromatic carbocycles. The Morgan fingerprint density at radius 1 is 0.900 bits per heavy atom. The fourth-order valence-corrected chi connectivity index (χ4v) is 3.08. The van der Waals surface area contributed by atoms with E-state index in [2.05, 4.69) is 10.9 Å². The van der Waals surface area contributed by atoms with E-state index in [1.54, 1.807) is 24.4 Å². The van der Waals surface area contributed by atoms with Gasteiger partial charge in [-0.1, -0.05) is 32.0 Å². The second-order valence-corrected chi connectivity index (χ2v) is 6.94. The average molecular weight is 409 g/mol. The van der Waals surface area contributed by atoms with E-state index in [-0.39, 0.29) is 5.91 Å². The molecular weight excluding hydrogens is 382 g/mol. The first-order valence-corrected chi connectivity index (χ1v) is 10.1. The second kappa shape index (κ2) is 9.82. The topological polar surface area (TPSA) is 81.6 Å². The summed E-state index contributed by atoms with van der Waals surface area (Å²) in [6.07, 6.45) is 3.45. The van der Waals surface area contributed by atoms with Crippen LogP contribution in [0.5, 0.6) is 11.5 Å². The van der Waals surface area contributed by atoms with Gasteiger partial charge in [-0.2, -0.15) is 0 Å². The van der Waals surface area contributed by atoms with Gasteiger partial charge < -0.3 is 14.0 Å². The van der Waals surface area contributed by atoms with Crippen molar-refractivity contribution in [3.63, 3.8) is 0 Å². The molecule has 30 heavy (non-hydrogen) atoms. The van der Waals surface area contributed by atoms with Crippen LogP contribution in [0.2, 0.25) is 0 Å². The molecule has 0 aliphatic rings. The first-order valence-electron chi connectivity index (χ1n) is 10.1. The Morgan fingerprint density at radius 3 is 2.30 bits per heavy atom. The van der Waals surface area contributed by atoms with Crippen LogP contribution in [0.4, 0.5) is 0 Å². The lowest BCUT2D eigenvalue weighted by Gasteiger charge is -2.14. The number of aryl methyl sites for hydroxylation is 1.